The molecule has 0 bridgehead atoms. The van der Waals surface area contributed by atoms with Crippen LogP contribution in [0.2, 0.25) is 5.02 Å². The molecule has 0 aromatic heterocycles. The Morgan fingerprint density at radius 3 is 2.52 bits per heavy atom. The fourth-order valence-electron chi connectivity index (χ4n) is 3.41. The molecule has 0 N–H and O–H groups in total. The Bertz CT molecular complexity index is 1060. The van der Waals surface area contributed by atoms with Crippen LogP contribution in [0.25, 0.3) is 0 Å². The molecule has 0 saturated carbocycles. The number of rotatable bonds is 4. The van der Waals surface area contributed by atoms with Gasteiger partial charge in [0, 0.05) is 11.7 Å². The minimum atomic E-state index is -4.69. The number of hydrogen-bond donors (Lipinski definition) is 0. The number of para-hydroxylation sites is 1. The Kier molecular flexibility index (Phi) is 5.57. The Balaban J connectivity index is 1.99. The molecule has 29 heavy (non-hydrogen) atoms. The molecule has 10 heteroatoms. The molecule has 5 nitrogen and oxygen atoms in total. The number of fused-ring (bicyclic) bond motifs is 1. The topological polar surface area (TPSA) is 57.7 Å². The first kappa shape index (κ1) is 21.4. The van der Waals surface area contributed by atoms with Gasteiger partial charge in [0.1, 0.15) is 6.54 Å². The lowest BCUT2D eigenvalue weighted by Gasteiger charge is -2.28. The normalized spacial score (nSPS) is 16.6. The van der Waals surface area contributed by atoms with E-state index in [0.717, 1.165) is 24.0 Å². The average Bonchev–Trinajstić information content (AvgIpc) is 2.94. The third-order valence-corrected chi connectivity index (χ3v) is 6.14. The maximum absolute atomic E-state index is 13.1. The molecular weight excluding hydrogens is 429 g/mol. The highest BCUT2D eigenvalue weighted by Crippen LogP contribution is 2.37. The fourth-order valence-corrected chi connectivity index (χ4v) is 4.53. The first-order valence-electron chi connectivity index (χ1n) is 8.64. The fraction of sp³-hybridized carbons (Fsp3) is 0.316. The molecule has 0 radical (unpaired) electrons. The van der Waals surface area contributed by atoms with Crippen molar-refractivity contribution in [1.29, 1.82) is 0 Å². The monoisotopic (exact) mass is 446 g/mol. The second kappa shape index (κ2) is 7.53. The van der Waals surface area contributed by atoms with Crippen LogP contribution in [0.3, 0.4) is 0 Å². The summed E-state index contributed by atoms with van der Waals surface area (Å²) in [6.07, 6.45) is -3.27. The third-order valence-electron chi connectivity index (χ3n) is 4.70. The van der Waals surface area contributed by atoms with E-state index in [1.807, 2.05) is 19.1 Å². The summed E-state index contributed by atoms with van der Waals surface area (Å²) in [6, 6.07) is 9.37. The van der Waals surface area contributed by atoms with Gasteiger partial charge in [0.2, 0.25) is 15.9 Å². The number of benzene rings is 2. The van der Waals surface area contributed by atoms with Gasteiger partial charge >= 0.3 is 6.18 Å². The summed E-state index contributed by atoms with van der Waals surface area (Å²) in [6.45, 7) is 1.15. The zero-order valence-corrected chi connectivity index (χ0v) is 17.1. The molecule has 3 rings (SSSR count). The van der Waals surface area contributed by atoms with E-state index in [9.17, 15) is 26.4 Å². The lowest BCUT2D eigenvalue weighted by Crippen LogP contribution is -2.45. The summed E-state index contributed by atoms with van der Waals surface area (Å²) in [5.41, 5.74) is 0.153. The lowest BCUT2D eigenvalue weighted by molar-refractivity contribution is -0.137. The van der Waals surface area contributed by atoms with Crippen LogP contribution in [0.1, 0.15) is 18.1 Å². The van der Waals surface area contributed by atoms with E-state index in [0.29, 0.717) is 22.5 Å². The number of nitrogens with zero attached hydrogens (tertiary/aromatic N) is 2. The molecule has 1 amide bonds. The van der Waals surface area contributed by atoms with Crippen molar-refractivity contribution in [2.75, 3.05) is 22.0 Å². The van der Waals surface area contributed by atoms with Crippen molar-refractivity contribution in [3.05, 3.63) is 58.6 Å². The standard InChI is InChI=1S/C19H18ClF3N2O3S/c1-12-9-13-5-3-4-6-16(13)25(12)18(26)11-24(29(2,27)28)17-10-14(19(21,22)23)7-8-15(17)20/h3-8,10,12H,9,11H2,1-2H3/t12-/m1/s1. The van der Waals surface area contributed by atoms with Crippen molar-refractivity contribution in [2.24, 2.45) is 0 Å². The molecule has 0 aliphatic carbocycles. The number of halogens is 4. The van der Waals surface area contributed by atoms with Gasteiger partial charge in [0.15, 0.2) is 0 Å². The van der Waals surface area contributed by atoms with Crippen LogP contribution < -0.4 is 9.21 Å². The summed E-state index contributed by atoms with van der Waals surface area (Å²) in [7, 11) is -4.09. The number of amides is 1. The van der Waals surface area contributed by atoms with Gasteiger partial charge in [-0.05, 0) is 43.2 Å². The molecular formula is C19H18ClF3N2O3S. The van der Waals surface area contributed by atoms with Crippen LogP contribution in [0, 0.1) is 0 Å². The van der Waals surface area contributed by atoms with Crippen molar-refractivity contribution in [3.63, 3.8) is 0 Å². The van der Waals surface area contributed by atoms with Crippen LogP contribution in [0.15, 0.2) is 42.5 Å². The Hall–Kier alpha value is -2.26. The molecule has 2 aromatic rings. The number of carbonyl (C=O) groups is 1. The van der Waals surface area contributed by atoms with Gasteiger partial charge in [-0.3, -0.25) is 9.10 Å². The molecule has 0 unspecified atom stereocenters. The number of carbonyl (C=O) groups excluding carboxylic acids is 1. The smallest absolute Gasteiger partial charge is 0.307 e. The number of sulfonamides is 1. The molecule has 1 aliphatic heterocycles. The van der Waals surface area contributed by atoms with Crippen LogP contribution in [0.4, 0.5) is 24.5 Å². The van der Waals surface area contributed by atoms with Crippen LogP contribution in [-0.2, 0) is 27.4 Å². The summed E-state index contributed by atoms with van der Waals surface area (Å²) < 4.78 is 64.6. The van der Waals surface area contributed by atoms with Crippen LogP contribution >= 0.6 is 11.6 Å². The van der Waals surface area contributed by atoms with Gasteiger partial charge < -0.3 is 4.90 Å². The van der Waals surface area contributed by atoms with Crippen molar-refractivity contribution < 1.29 is 26.4 Å². The van der Waals surface area contributed by atoms with Crippen molar-refractivity contribution >= 4 is 38.9 Å². The summed E-state index contributed by atoms with van der Waals surface area (Å²) in [4.78, 5) is 14.5. The van der Waals surface area contributed by atoms with Gasteiger partial charge in [0.05, 0.1) is 22.5 Å². The highest BCUT2D eigenvalue weighted by molar-refractivity contribution is 7.92. The largest absolute Gasteiger partial charge is 0.416 e. The van der Waals surface area contributed by atoms with E-state index in [-0.39, 0.29) is 11.1 Å². The van der Waals surface area contributed by atoms with E-state index < -0.39 is 39.9 Å². The maximum atomic E-state index is 13.1. The van der Waals surface area contributed by atoms with Gasteiger partial charge in [-0.2, -0.15) is 13.2 Å². The van der Waals surface area contributed by atoms with Crippen molar-refractivity contribution in [2.45, 2.75) is 25.6 Å². The molecule has 156 valence electrons. The minimum absolute atomic E-state index is 0.203. The molecule has 0 saturated heterocycles. The van der Waals surface area contributed by atoms with Gasteiger partial charge in [-0.15, -0.1) is 0 Å². The van der Waals surface area contributed by atoms with E-state index in [1.54, 1.807) is 12.1 Å². The SMILES string of the molecule is C[C@@H]1Cc2ccccc2N1C(=O)CN(c1cc(C(F)(F)F)ccc1Cl)S(C)(=O)=O. The Morgan fingerprint density at radius 2 is 1.90 bits per heavy atom. The molecule has 1 aliphatic rings. The highest BCUT2D eigenvalue weighted by atomic mass is 35.5. The molecule has 1 atom stereocenters. The maximum Gasteiger partial charge on any atom is 0.416 e. The highest BCUT2D eigenvalue weighted by Gasteiger charge is 2.35. The quantitative estimate of drug-likeness (QED) is 0.710. The first-order chi connectivity index (χ1) is 13.4. The van der Waals surface area contributed by atoms with Gasteiger partial charge in [0.25, 0.3) is 0 Å². The predicted molar refractivity (Wildman–Crippen MR) is 106 cm³/mol. The van der Waals surface area contributed by atoms with Crippen molar-refractivity contribution in [1.82, 2.24) is 0 Å². The second-order valence-corrected chi connectivity index (χ2v) is 9.19. The van der Waals surface area contributed by atoms with E-state index in [4.69, 9.17) is 11.6 Å². The van der Waals surface area contributed by atoms with Crippen LogP contribution in [-0.4, -0.2) is 33.2 Å². The molecule has 1 heterocycles. The predicted octanol–water partition coefficient (Wildman–Crippen LogP) is 4.10. The summed E-state index contributed by atoms with van der Waals surface area (Å²) >= 11 is 6.00. The minimum Gasteiger partial charge on any atom is -0.307 e. The number of alkyl halides is 3. The van der Waals surface area contributed by atoms with Gasteiger partial charge in [-0.25, -0.2) is 8.42 Å². The zero-order valence-electron chi connectivity index (χ0n) is 15.6. The summed E-state index contributed by atoms with van der Waals surface area (Å²) in [5.74, 6) is -0.554. The van der Waals surface area contributed by atoms with E-state index in [1.165, 1.54) is 4.90 Å². The summed E-state index contributed by atoms with van der Waals surface area (Å²) in [5, 5.41) is -0.203. The second-order valence-electron chi connectivity index (χ2n) is 6.88. The van der Waals surface area contributed by atoms with Crippen molar-refractivity contribution in [3.8, 4) is 0 Å². The molecule has 2 aromatic carbocycles. The van der Waals surface area contributed by atoms with E-state index >= 15 is 0 Å². The van der Waals surface area contributed by atoms with E-state index in [2.05, 4.69) is 0 Å². The lowest BCUT2D eigenvalue weighted by atomic mass is 10.1. The third kappa shape index (κ3) is 4.35. The first-order valence-corrected chi connectivity index (χ1v) is 10.9. The zero-order chi connectivity index (χ0) is 21.6. The van der Waals surface area contributed by atoms with Gasteiger partial charge in [-0.1, -0.05) is 29.8 Å². The Labute approximate surface area is 171 Å². The number of anilines is 2. The number of hydrogen-bond acceptors (Lipinski definition) is 3. The molecule has 0 fully saturated rings. The Morgan fingerprint density at radius 1 is 1.24 bits per heavy atom. The molecule has 0 spiro atoms. The van der Waals surface area contributed by atoms with Crippen LogP contribution in [0.5, 0.6) is 0 Å². The average molecular weight is 447 g/mol.